The molecule has 1 fully saturated rings. The first kappa shape index (κ1) is 18.5. The summed E-state index contributed by atoms with van der Waals surface area (Å²) in [5, 5.41) is 7.93. The fourth-order valence-corrected chi connectivity index (χ4v) is 3.14. The number of hydrogen-bond donors (Lipinski definition) is 1. The molecule has 1 aliphatic heterocycles. The molecule has 26 heavy (non-hydrogen) atoms. The summed E-state index contributed by atoms with van der Waals surface area (Å²) < 4.78 is 1.66. The molecule has 1 aromatic heterocycles. The molecule has 6 nitrogen and oxygen atoms in total. The van der Waals surface area contributed by atoms with Gasteiger partial charge in [0.25, 0.3) is 0 Å². The summed E-state index contributed by atoms with van der Waals surface area (Å²) in [4.78, 5) is 26.6. The number of halogens is 1. The monoisotopic (exact) mass is 374 g/mol. The zero-order chi connectivity index (χ0) is 19.1. The highest BCUT2D eigenvalue weighted by Gasteiger charge is 2.35. The van der Waals surface area contributed by atoms with Gasteiger partial charge in [-0.2, -0.15) is 5.10 Å². The summed E-state index contributed by atoms with van der Waals surface area (Å²) >= 11 is 6.01. The Balaban J connectivity index is 1.72. The molecule has 0 unspecified atom stereocenters. The molecule has 0 bridgehead atoms. The van der Waals surface area contributed by atoms with E-state index in [0.717, 1.165) is 5.69 Å². The number of aromatic nitrogens is 2. The van der Waals surface area contributed by atoms with Crippen molar-refractivity contribution >= 4 is 34.9 Å². The van der Waals surface area contributed by atoms with E-state index in [0.29, 0.717) is 23.1 Å². The minimum absolute atomic E-state index is 0.0761. The fourth-order valence-electron chi connectivity index (χ4n) is 2.96. The second-order valence-electron chi connectivity index (χ2n) is 7.66. The highest BCUT2D eigenvalue weighted by molar-refractivity contribution is 6.31. The van der Waals surface area contributed by atoms with Crippen molar-refractivity contribution < 1.29 is 9.59 Å². The fraction of sp³-hybridized carbons (Fsp3) is 0.421. The maximum absolute atomic E-state index is 12.7. The van der Waals surface area contributed by atoms with Gasteiger partial charge in [-0.15, -0.1) is 0 Å². The normalized spacial score (nSPS) is 17.7. The Bertz CT molecular complexity index is 853. The van der Waals surface area contributed by atoms with Crippen LogP contribution >= 0.6 is 11.6 Å². The van der Waals surface area contributed by atoms with Crippen LogP contribution in [-0.2, 0) is 22.1 Å². The quantitative estimate of drug-likeness (QED) is 0.895. The van der Waals surface area contributed by atoms with E-state index in [1.807, 2.05) is 12.1 Å². The van der Waals surface area contributed by atoms with Crippen LogP contribution in [0.3, 0.4) is 0 Å². The predicted molar refractivity (Wildman–Crippen MR) is 102 cm³/mol. The van der Waals surface area contributed by atoms with Gasteiger partial charge in [0.2, 0.25) is 11.8 Å². The second-order valence-corrected chi connectivity index (χ2v) is 8.10. The van der Waals surface area contributed by atoms with Crippen LogP contribution in [0.5, 0.6) is 0 Å². The van der Waals surface area contributed by atoms with Gasteiger partial charge in [-0.25, -0.2) is 0 Å². The Morgan fingerprint density at radius 2 is 2.04 bits per heavy atom. The van der Waals surface area contributed by atoms with Crippen LogP contribution < -0.4 is 10.2 Å². The van der Waals surface area contributed by atoms with E-state index in [-0.39, 0.29) is 23.7 Å². The molecule has 1 aliphatic rings. The van der Waals surface area contributed by atoms with Crippen molar-refractivity contribution in [1.82, 2.24) is 9.78 Å². The average Bonchev–Trinajstić information content (AvgIpc) is 3.11. The van der Waals surface area contributed by atoms with Crippen LogP contribution in [0.4, 0.5) is 11.5 Å². The maximum Gasteiger partial charge on any atom is 0.230 e. The van der Waals surface area contributed by atoms with Crippen LogP contribution in [0.1, 0.15) is 32.9 Å². The number of rotatable bonds is 3. The number of benzene rings is 1. The van der Waals surface area contributed by atoms with Gasteiger partial charge in [-0.1, -0.05) is 38.4 Å². The van der Waals surface area contributed by atoms with Crippen LogP contribution in [-0.4, -0.2) is 28.1 Å². The number of nitrogens with one attached hydrogen (secondary N) is 1. The summed E-state index contributed by atoms with van der Waals surface area (Å²) in [6, 6.07) is 8.98. The van der Waals surface area contributed by atoms with Crippen molar-refractivity contribution in [3.05, 3.63) is 41.0 Å². The lowest BCUT2D eigenvalue weighted by molar-refractivity contribution is -0.122. The van der Waals surface area contributed by atoms with Gasteiger partial charge in [0.15, 0.2) is 0 Å². The molecular formula is C19H23ClN4O2. The zero-order valence-corrected chi connectivity index (χ0v) is 16.2. The number of anilines is 2. The average molecular weight is 375 g/mol. The molecule has 0 aliphatic carbocycles. The number of carbonyl (C=O) groups excluding carboxylic acids is 2. The van der Waals surface area contributed by atoms with E-state index in [1.165, 1.54) is 0 Å². The van der Waals surface area contributed by atoms with Crippen molar-refractivity contribution in [2.75, 3.05) is 16.8 Å². The van der Waals surface area contributed by atoms with E-state index in [1.54, 1.807) is 34.8 Å². The van der Waals surface area contributed by atoms with Gasteiger partial charge in [0.05, 0.1) is 11.6 Å². The molecule has 0 spiro atoms. The molecule has 1 N–H and O–H groups in total. The van der Waals surface area contributed by atoms with Gasteiger partial charge in [-0.3, -0.25) is 14.3 Å². The molecule has 138 valence electrons. The lowest BCUT2D eigenvalue weighted by Crippen LogP contribution is -2.28. The Morgan fingerprint density at radius 1 is 1.31 bits per heavy atom. The maximum atomic E-state index is 12.7. The molecule has 1 atom stereocenters. The first-order chi connectivity index (χ1) is 12.1. The van der Waals surface area contributed by atoms with Crippen LogP contribution in [0, 0.1) is 5.92 Å². The van der Waals surface area contributed by atoms with Crippen molar-refractivity contribution in [2.24, 2.45) is 13.0 Å². The van der Waals surface area contributed by atoms with E-state index >= 15 is 0 Å². The number of nitrogens with zero attached hydrogens (tertiary/aromatic N) is 3. The minimum Gasteiger partial charge on any atom is -0.312 e. The molecule has 1 saturated heterocycles. The zero-order valence-electron chi connectivity index (χ0n) is 15.4. The summed E-state index contributed by atoms with van der Waals surface area (Å²) in [7, 11) is 1.79. The second kappa shape index (κ2) is 6.76. The van der Waals surface area contributed by atoms with Crippen molar-refractivity contribution in [3.63, 3.8) is 0 Å². The lowest BCUT2D eigenvalue weighted by atomic mass is 9.92. The standard InChI is InChI=1S/C19H23ClN4O2/c1-19(2,3)15-10-16(23(4)22-15)21-18(26)12-8-17(25)24(11-12)14-7-5-6-13(20)9-14/h5-7,9-10,12H,8,11H2,1-4H3,(H,21,26)/t12-/m0/s1. The van der Waals surface area contributed by atoms with E-state index in [4.69, 9.17) is 11.6 Å². The first-order valence-electron chi connectivity index (χ1n) is 8.56. The topological polar surface area (TPSA) is 67.2 Å². The number of carbonyl (C=O) groups is 2. The van der Waals surface area contributed by atoms with E-state index < -0.39 is 5.92 Å². The van der Waals surface area contributed by atoms with Crippen molar-refractivity contribution in [1.29, 1.82) is 0 Å². The third-order valence-corrected chi connectivity index (χ3v) is 4.75. The smallest absolute Gasteiger partial charge is 0.230 e. The lowest BCUT2D eigenvalue weighted by Gasteiger charge is -2.17. The van der Waals surface area contributed by atoms with Gasteiger partial charge >= 0.3 is 0 Å². The van der Waals surface area contributed by atoms with Gasteiger partial charge < -0.3 is 10.2 Å². The molecule has 2 heterocycles. The predicted octanol–water partition coefficient (Wildman–Crippen LogP) is 3.36. The summed E-state index contributed by atoms with van der Waals surface area (Å²) in [5.74, 6) is -0.0258. The number of aryl methyl sites for hydroxylation is 1. The Hall–Kier alpha value is -2.34. The third-order valence-electron chi connectivity index (χ3n) is 4.52. The first-order valence-corrected chi connectivity index (χ1v) is 8.94. The summed E-state index contributed by atoms with van der Waals surface area (Å²) in [5.41, 5.74) is 1.51. The van der Waals surface area contributed by atoms with E-state index in [2.05, 4.69) is 31.2 Å². The third kappa shape index (κ3) is 3.75. The molecule has 2 aromatic rings. The van der Waals surface area contributed by atoms with Crippen LogP contribution in [0.2, 0.25) is 5.02 Å². The molecular weight excluding hydrogens is 352 g/mol. The van der Waals surface area contributed by atoms with Crippen molar-refractivity contribution in [2.45, 2.75) is 32.6 Å². The van der Waals surface area contributed by atoms with Gasteiger partial charge in [0, 0.05) is 42.2 Å². The minimum atomic E-state index is -0.408. The number of amides is 2. The van der Waals surface area contributed by atoms with E-state index in [9.17, 15) is 9.59 Å². The SMILES string of the molecule is Cn1nc(C(C)(C)C)cc1NC(=O)[C@H]1CC(=O)N(c2cccc(Cl)c2)C1. The van der Waals surface area contributed by atoms with Gasteiger partial charge in [0.1, 0.15) is 5.82 Å². The molecule has 1 aromatic carbocycles. The molecule has 3 rings (SSSR count). The van der Waals surface area contributed by atoms with Crippen LogP contribution in [0.15, 0.2) is 30.3 Å². The largest absolute Gasteiger partial charge is 0.312 e. The highest BCUT2D eigenvalue weighted by atomic mass is 35.5. The Kier molecular flexibility index (Phi) is 4.80. The molecule has 0 radical (unpaired) electrons. The van der Waals surface area contributed by atoms with Gasteiger partial charge in [-0.05, 0) is 18.2 Å². The number of hydrogen-bond acceptors (Lipinski definition) is 3. The molecule has 0 saturated carbocycles. The summed E-state index contributed by atoms with van der Waals surface area (Å²) in [6.45, 7) is 6.55. The molecule has 2 amide bonds. The van der Waals surface area contributed by atoms with Crippen molar-refractivity contribution in [3.8, 4) is 0 Å². The highest BCUT2D eigenvalue weighted by Crippen LogP contribution is 2.28. The summed E-state index contributed by atoms with van der Waals surface area (Å²) in [6.07, 6.45) is 0.183. The Morgan fingerprint density at radius 3 is 2.65 bits per heavy atom. The molecule has 7 heteroatoms. The Labute approximate surface area is 158 Å². The van der Waals surface area contributed by atoms with Crippen LogP contribution in [0.25, 0.3) is 0 Å².